The van der Waals surface area contributed by atoms with Crippen LogP contribution in [-0.4, -0.2) is 17.5 Å². The van der Waals surface area contributed by atoms with Gasteiger partial charge in [-0.15, -0.1) is 0 Å². The molecule has 0 atom stereocenters. The summed E-state index contributed by atoms with van der Waals surface area (Å²) in [6.07, 6.45) is 4.28. The largest absolute Gasteiger partial charge is 0.457 e. The van der Waals surface area contributed by atoms with E-state index in [9.17, 15) is 9.59 Å². The van der Waals surface area contributed by atoms with E-state index in [2.05, 4.69) is 5.16 Å². The molecule has 0 radical (unpaired) electrons. The van der Waals surface area contributed by atoms with Crippen LogP contribution >= 0.6 is 0 Å². The maximum absolute atomic E-state index is 11.5. The third-order valence-electron chi connectivity index (χ3n) is 2.66. The van der Waals surface area contributed by atoms with Gasteiger partial charge in [-0.1, -0.05) is 5.16 Å². The Morgan fingerprint density at radius 2 is 2.06 bits per heavy atom. The molecule has 92 valence electrons. The summed E-state index contributed by atoms with van der Waals surface area (Å²) in [5.41, 5.74) is 1.73. The van der Waals surface area contributed by atoms with Gasteiger partial charge in [-0.25, -0.2) is 4.79 Å². The van der Waals surface area contributed by atoms with Gasteiger partial charge in [-0.3, -0.25) is 4.79 Å². The first-order chi connectivity index (χ1) is 8.59. The van der Waals surface area contributed by atoms with Crippen molar-refractivity contribution < 1.29 is 18.8 Å². The molecule has 1 aliphatic rings. The summed E-state index contributed by atoms with van der Waals surface area (Å²) in [4.78, 5) is 27.6. The second-order valence-electron chi connectivity index (χ2n) is 3.78. The van der Waals surface area contributed by atoms with Crippen molar-refractivity contribution in [3.8, 4) is 0 Å². The molecule has 5 heteroatoms. The van der Waals surface area contributed by atoms with E-state index >= 15 is 0 Å². The Kier molecular flexibility index (Phi) is 3.23. The first-order valence-corrected chi connectivity index (χ1v) is 5.32. The van der Waals surface area contributed by atoms with Crippen molar-refractivity contribution in [3.05, 3.63) is 47.5 Å². The number of allylic oxidation sites excluding steroid dienone is 4. The van der Waals surface area contributed by atoms with Crippen LogP contribution in [0.15, 0.2) is 51.3 Å². The molecule has 5 nitrogen and oxygen atoms in total. The summed E-state index contributed by atoms with van der Waals surface area (Å²) in [5, 5.41) is 3.72. The van der Waals surface area contributed by atoms with Crippen LogP contribution in [0.1, 0.15) is 24.4 Å². The van der Waals surface area contributed by atoms with Crippen molar-refractivity contribution in [2.75, 3.05) is 0 Å². The van der Waals surface area contributed by atoms with Crippen molar-refractivity contribution in [2.45, 2.75) is 13.8 Å². The van der Waals surface area contributed by atoms with Crippen LogP contribution in [0.2, 0.25) is 0 Å². The highest BCUT2D eigenvalue weighted by molar-refractivity contribution is 6.21. The van der Waals surface area contributed by atoms with Crippen LogP contribution in [0.5, 0.6) is 0 Å². The number of oxime groups is 1. The zero-order valence-electron chi connectivity index (χ0n) is 9.97. The molecule has 0 saturated heterocycles. The molecule has 2 rings (SSSR count). The average molecular weight is 245 g/mol. The molecule has 0 aromatic carbocycles. The number of furan rings is 1. The van der Waals surface area contributed by atoms with Gasteiger partial charge < -0.3 is 9.25 Å². The highest BCUT2D eigenvalue weighted by Gasteiger charge is 2.16. The maximum Gasteiger partial charge on any atom is 0.400 e. The van der Waals surface area contributed by atoms with Crippen molar-refractivity contribution in [1.82, 2.24) is 0 Å². The molecule has 0 amide bonds. The SMILES string of the molecule is CC1=C(C)/C(=N\OC(=O)c2ccco2)C=CC1=O. The topological polar surface area (TPSA) is 68.9 Å². The first-order valence-electron chi connectivity index (χ1n) is 5.32. The van der Waals surface area contributed by atoms with Gasteiger partial charge in [0.15, 0.2) is 5.78 Å². The van der Waals surface area contributed by atoms with Gasteiger partial charge in [0.1, 0.15) is 5.71 Å². The molecular weight excluding hydrogens is 234 g/mol. The van der Waals surface area contributed by atoms with Crippen LogP contribution in [0.4, 0.5) is 0 Å². The van der Waals surface area contributed by atoms with E-state index in [0.717, 1.165) is 0 Å². The zero-order valence-corrected chi connectivity index (χ0v) is 9.97. The highest BCUT2D eigenvalue weighted by atomic mass is 16.7. The van der Waals surface area contributed by atoms with Gasteiger partial charge in [0.25, 0.3) is 0 Å². The minimum atomic E-state index is -0.678. The third kappa shape index (κ3) is 2.29. The van der Waals surface area contributed by atoms with E-state index in [1.54, 1.807) is 19.9 Å². The normalized spacial score (nSPS) is 17.4. The predicted octanol–water partition coefficient (Wildman–Crippen LogP) is 2.27. The number of ketones is 1. The smallest absolute Gasteiger partial charge is 0.400 e. The molecule has 0 saturated carbocycles. The van der Waals surface area contributed by atoms with Crippen molar-refractivity contribution in [1.29, 1.82) is 0 Å². The summed E-state index contributed by atoms with van der Waals surface area (Å²) >= 11 is 0. The maximum atomic E-state index is 11.5. The van der Waals surface area contributed by atoms with E-state index in [-0.39, 0.29) is 11.5 Å². The quantitative estimate of drug-likeness (QED) is 0.455. The van der Waals surface area contributed by atoms with E-state index in [1.807, 2.05) is 0 Å². The Hall–Kier alpha value is -2.43. The third-order valence-corrected chi connectivity index (χ3v) is 2.66. The fourth-order valence-electron chi connectivity index (χ4n) is 1.41. The van der Waals surface area contributed by atoms with Gasteiger partial charge in [0, 0.05) is 5.57 Å². The second-order valence-corrected chi connectivity index (χ2v) is 3.78. The fourth-order valence-corrected chi connectivity index (χ4v) is 1.41. The number of hydrogen-bond donors (Lipinski definition) is 0. The van der Waals surface area contributed by atoms with E-state index in [4.69, 9.17) is 9.25 Å². The lowest BCUT2D eigenvalue weighted by Gasteiger charge is -2.09. The van der Waals surface area contributed by atoms with Crippen LogP contribution < -0.4 is 0 Å². The Morgan fingerprint density at radius 3 is 2.72 bits per heavy atom. The van der Waals surface area contributed by atoms with Gasteiger partial charge in [-0.2, -0.15) is 0 Å². The van der Waals surface area contributed by atoms with E-state index < -0.39 is 5.97 Å². The van der Waals surface area contributed by atoms with Crippen molar-refractivity contribution in [3.63, 3.8) is 0 Å². The first kappa shape index (κ1) is 12.0. The highest BCUT2D eigenvalue weighted by Crippen LogP contribution is 2.14. The van der Waals surface area contributed by atoms with Crippen LogP contribution in [0.3, 0.4) is 0 Å². The summed E-state index contributed by atoms with van der Waals surface area (Å²) in [5.74, 6) is -0.666. The average Bonchev–Trinajstić information content (AvgIpc) is 2.89. The standard InChI is InChI=1S/C13H11NO4/c1-8-9(2)11(15)6-5-10(8)14-18-13(16)12-4-3-7-17-12/h3-7H,1-2H3/b14-10-. The molecule has 0 bridgehead atoms. The van der Waals surface area contributed by atoms with Crippen molar-refractivity contribution >= 4 is 17.5 Å². The molecule has 1 aromatic heterocycles. The van der Waals surface area contributed by atoms with Crippen LogP contribution in [0, 0.1) is 0 Å². The Labute approximate surface area is 103 Å². The number of hydrogen-bond acceptors (Lipinski definition) is 5. The molecule has 0 unspecified atom stereocenters. The minimum absolute atomic E-state index is 0.0659. The second kappa shape index (κ2) is 4.83. The zero-order chi connectivity index (χ0) is 13.1. The Balaban J connectivity index is 2.14. The summed E-state index contributed by atoms with van der Waals surface area (Å²) < 4.78 is 4.87. The molecule has 0 fully saturated rings. The summed E-state index contributed by atoms with van der Waals surface area (Å²) in [6, 6.07) is 3.06. The molecule has 1 aliphatic carbocycles. The molecule has 0 aliphatic heterocycles. The number of rotatable bonds is 2. The molecule has 18 heavy (non-hydrogen) atoms. The molecule has 1 aromatic rings. The van der Waals surface area contributed by atoms with Gasteiger partial charge >= 0.3 is 5.97 Å². The summed E-state index contributed by atoms with van der Waals surface area (Å²) in [7, 11) is 0. The molecular formula is C13H11NO4. The predicted molar refractivity (Wildman–Crippen MR) is 64.1 cm³/mol. The van der Waals surface area contributed by atoms with Crippen LogP contribution in [-0.2, 0) is 9.63 Å². The number of carbonyl (C=O) groups is 2. The lowest BCUT2D eigenvalue weighted by Crippen LogP contribution is -2.12. The van der Waals surface area contributed by atoms with Gasteiger partial charge in [-0.05, 0) is 43.7 Å². The molecule has 1 heterocycles. The van der Waals surface area contributed by atoms with E-state index in [1.165, 1.54) is 24.5 Å². The number of nitrogens with zero attached hydrogens (tertiary/aromatic N) is 1. The minimum Gasteiger partial charge on any atom is -0.457 e. The monoisotopic (exact) mass is 245 g/mol. The lowest BCUT2D eigenvalue weighted by atomic mass is 9.97. The fraction of sp³-hybridized carbons (Fsp3) is 0.154. The van der Waals surface area contributed by atoms with Gasteiger partial charge in [0.05, 0.1) is 6.26 Å². The molecule has 0 N–H and O–H groups in total. The van der Waals surface area contributed by atoms with E-state index in [0.29, 0.717) is 16.9 Å². The Morgan fingerprint density at radius 1 is 1.28 bits per heavy atom. The van der Waals surface area contributed by atoms with Crippen LogP contribution in [0.25, 0.3) is 0 Å². The summed E-state index contributed by atoms with van der Waals surface area (Å²) in [6.45, 7) is 3.45. The van der Waals surface area contributed by atoms with Gasteiger partial charge in [0.2, 0.25) is 5.76 Å². The number of carbonyl (C=O) groups excluding carboxylic acids is 2. The molecule has 0 spiro atoms. The van der Waals surface area contributed by atoms with Crippen molar-refractivity contribution in [2.24, 2.45) is 5.16 Å². The lowest BCUT2D eigenvalue weighted by molar-refractivity contribution is -0.111. The Bertz CT molecular complexity index is 576.